The first kappa shape index (κ1) is 18.8. The summed E-state index contributed by atoms with van der Waals surface area (Å²) in [4.78, 5) is 0. The number of nitrogens with zero attached hydrogens (tertiary/aromatic N) is 2. The number of ether oxygens (including phenoxy) is 1. The predicted octanol–water partition coefficient (Wildman–Crippen LogP) is 5.35. The van der Waals surface area contributed by atoms with Crippen LogP contribution in [0, 0.1) is 11.8 Å². The maximum atomic E-state index is 5.24. The zero-order valence-electron chi connectivity index (χ0n) is 15.0. The van der Waals surface area contributed by atoms with Crippen LogP contribution in [0.5, 0.6) is 5.75 Å². The van der Waals surface area contributed by atoms with E-state index in [1.807, 2.05) is 90.1 Å². The smallest absolute Gasteiger partial charge is 0.119 e. The van der Waals surface area contributed by atoms with Gasteiger partial charge in [-0.15, -0.1) is 0 Å². The molecule has 3 rings (SSSR count). The van der Waals surface area contributed by atoms with Crippen LogP contribution in [0.3, 0.4) is 0 Å². The van der Waals surface area contributed by atoms with Gasteiger partial charge in [0.05, 0.1) is 19.0 Å². The third kappa shape index (κ3) is 5.73. The van der Waals surface area contributed by atoms with E-state index in [2.05, 4.69) is 32.9 Å². The summed E-state index contributed by atoms with van der Waals surface area (Å²) < 4.78 is 6.28. The van der Waals surface area contributed by atoms with Gasteiger partial charge < -0.3 is 4.74 Å². The maximum absolute atomic E-state index is 5.24. The Hall–Kier alpha value is -3.03. The molecule has 0 spiro atoms. The topological polar surface area (TPSA) is 24.8 Å². The molecule has 0 radical (unpaired) electrons. The molecule has 3 aromatic rings. The van der Waals surface area contributed by atoms with Crippen LogP contribution < -0.4 is 9.75 Å². The molecule has 0 heterocycles. The van der Waals surface area contributed by atoms with Gasteiger partial charge in [0.2, 0.25) is 0 Å². The van der Waals surface area contributed by atoms with E-state index in [-0.39, 0.29) is 0 Å². The summed E-state index contributed by atoms with van der Waals surface area (Å²) >= 11 is 3.45. The molecule has 3 aromatic carbocycles. The Morgan fingerprint density at radius 2 is 1.67 bits per heavy atom. The number of hydrogen-bond acceptors (Lipinski definition) is 3. The molecule has 0 bridgehead atoms. The number of anilines is 1. The first-order valence-electron chi connectivity index (χ1n) is 8.50. The number of rotatable bonds is 5. The van der Waals surface area contributed by atoms with Gasteiger partial charge in [-0.25, -0.2) is 0 Å². The van der Waals surface area contributed by atoms with Gasteiger partial charge in [-0.05, 0) is 54.1 Å². The van der Waals surface area contributed by atoms with Crippen LogP contribution in [0.25, 0.3) is 0 Å². The second-order valence-corrected chi connectivity index (χ2v) is 6.64. The summed E-state index contributed by atoms with van der Waals surface area (Å²) in [5.41, 5.74) is 2.96. The van der Waals surface area contributed by atoms with E-state index < -0.39 is 0 Å². The molecule has 4 heteroatoms. The van der Waals surface area contributed by atoms with Crippen molar-refractivity contribution < 1.29 is 4.74 Å². The molecular weight excluding hydrogens is 400 g/mol. The van der Waals surface area contributed by atoms with Crippen molar-refractivity contribution in [2.24, 2.45) is 5.10 Å². The average molecular weight is 419 g/mol. The second kappa shape index (κ2) is 9.61. The first-order valence-corrected chi connectivity index (χ1v) is 9.29. The second-order valence-electron chi connectivity index (χ2n) is 5.72. The lowest BCUT2D eigenvalue weighted by atomic mass is 10.2. The highest BCUT2D eigenvalue weighted by Gasteiger charge is 2.03. The van der Waals surface area contributed by atoms with Crippen molar-refractivity contribution in [1.29, 1.82) is 0 Å². The van der Waals surface area contributed by atoms with Gasteiger partial charge in [-0.3, -0.25) is 5.01 Å². The van der Waals surface area contributed by atoms with Crippen LogP contribution >= 0.6 is 15.9 Å². The highest BCUT2D eigenvalue weighted by atomic mass is 79.9. The van der Waals surface area contributed by atoms with Crippen molar-refractivity contribution in [3.05, 3.63) is 94.5 Å². The molecule has 0 aliphatic carbocycles. The molecule has 0 unspecified atom stereocenters. The fraction of sp³-hybridized carbons (Fsp3) is 0.0870. The lowest BCUT2D eigenvalue weighted by Gasteiger charge is -2.16. The summed E-state index contributed by atoms with van der Waals surface area (Å²) in [6, 6.07) is 25.7. The van der Waals surface area contributed by atoms with Crippen molar-refractivity contribution in [3.8, 4) is 17.6 Å². The lowest BCUT2D eigenvalue weighted by molar-refractivity contribution is 0.415. The Morgan fingerprint density at radius 1 is 0.963 bits per heavy atom. The Labute approximate surface area is 168 Å². The van der Waals surface area contributed by atoms with Gasteiger partial charge in [-0.1, -0.05) is 58.1 Å². The number of benzene rings is 3. The summed E-state index contributed by atoms with van der Waals surface area (Å²) in [5.74, 6) is 7.19. The van der Waals surface area contributed by atoms with Gasteiger partial charge in [-0.2, -0.15) is 5.10 Å². The molecule has 0 aromatic heterocycles. The molecule has 27 heavy (non-hydrogen) atoms. The number of hydrazone groups is 1. The highest BCUT2D eigenvalue weighted by molar-refractivity contribution is 9.10. The Morgan fingerprint density at radius 3 is 2.33 bits per heavy atom. The minimum absolute atomic E-state index is 0.480. The van der Waals surface area contributed by atoms with Crippen molar-refractivity contribution in [1.82, 2.24) is 0 Å². The van der Waals surface area contributed by atoms with E-state index in [4.69, 9.17) is 4.74 Å². The Bertz CT molecular complexity index is 940. The maximum Gasteiger partial charge on any atom is 0.119 e. The Kier molecular flexibility index (Phi) is 6.67. The summed E-state index contributed by atoms with van der Waals surface area (Å²) in [7, 11) is 1.66. The van der Waals surface area contributed by atoms with Gasteiger partial charge in [0.25, 0.3) is 0 Å². The minimum atomic E-state index is 0.480. The molecule has 0 N–H and O–H groups in total. The van der Waals surface area contributed by atoms with Crippen molar-refractivity contribution in [2.75, 3.05) is 18.7 Å². The molecule has 0 amide bonds. The van der Waals surface area contributed by atoms with E-state index in [0.29, 0.717) is 6.54 Å². The normalized spacial score (nSPS) is 10.3. The van der Waals surface area contributed by atoms with Crippen LogP contribution in [0.15, 0.2) is 88.4 Å². The van der Waals surface area contributed by atoms with Crippen molar-refractivity contribution in [3.63, 3.8) is 0 Å². The van der Waals surface area contributed by atoms with Crippen molar-refractivity contribution in [2.45, 2.75) is 0 Å². The number of methoxy groups -OCH3 is 1. The zero-order valence-corrected chi connectivity index (χ0v) is 16.6. The summed E-state index contributed by atoms with van der Waals surface area (Å²) in [6.45, 7) is 0.480. The van der Waals surface area contributed by atoms with Gasteiger partial charge >= 0.3 is 0 Å². The molecule has 3 nitrogen and oxygen atoms in total. The first-order chi connectivity index (χ1) is 13.2. The quantitative estimate of drug-likeness (QED) is 0.317. The van der Waals surface area contributed by atoms with E-state index in [1.54, 1.807) is 7.11 Å². The molecule has 0 aliphatic rings. The minimum Gasteiger partial charge on any atom is -0.497 e. The molecule has 0 fully saturated rings. The third-order valence-electron chi connectivity index (χ3n) is 3.82. The highest BCUT2D eigenvalue weighted by Crippen LogP contribution is 2.19. The van der Waals surface area contributed by atoms with Gasteiger partial charge in [0.15, 0.2) is 0 Å². The number of halogens is 1. The predicted molar refractivity (Wildman–Crippen MR) is 115 cm³/mol. The molecule has 0 saturated heterocycles. The molecular formula is C23H19BrN2O. The van der Waals surface area contributed by atoms with Crippen molar-refractivity contribution >= 4 is 27.8 Å². The van der Waals surface area contributed by atoms with Crippen LogP contribution in [0.4, 0.5) is 5.69 Å². The van der Waals surface area contributed by atoms with E-state index in [9.17, 15) is 0 Å². The lowest BCUT2D eigenvalue weighted by Crippen LogP contribution is -2.16. The molecule has 0 atom stereocenters. The fourth-order valence-electron chi connectivity index (χ4n) is 2.38. The van der Waals surface area contributed by atoms with Crippen LogP contribution in [-0.2, 0) is 0 Å². The molecule has 0 aliphatic heterocycles. The molecule has 0 saturated carbocycles. The van der Waals surface area contributed by atoms with Crippen LogP contribution in [0.2, 0.25) is 0 Å². The average Bonchev–Trinajstić information content (AvgIpc) is 2.72. The summed E-state index contributed by atoms with van der Waals surface area (Å²) in [5, 5.41) is 6.50. The third-order valence-corrected chi connectivity index (χ3v) is 4.35. The monoisotopic (exact) mass is 418 g/mol. The summed E-state index contributed by atoms with van der Waals surface area (Å²) in [6.07, 6.45) is 1.83. The largest absolute Gasteiger partial charge is 0.497 e. The van der Waals surface area contributed by atoms with E-state index in [0.717, 1.165) is 27.0 Å². The van der Waals surface area contributed by atoms with Gasteiger partial charge in [0, 0.05) is 10.0 Å². The SMILES string of the molecule is COc1ccc(N(CC#Cc2ccccc2)/N=C/c2ccc(Br)cc2)cc1. The van der Waals surface area contributed by atoms with E-state index >= 15 is 0 Å². The molecule has 134 valence electrons. The van der Waals surface area contributed by atoms with Crippen LogP contribution in [-0.4, -0.2) is 19.9 Å². The van der Waals surface area contributed by atoms with Gasteiger partial charge in [0.1, 0.15) is 12.3 Å². The number of hydrogen-bond donors (Lipinski definition) is 0. The van der Waals surface area contributed by atoms with Crippen LogP contribution in [0.1, 0.15) is 11.1 Å². The zero-order chi connectivity index (χ0) is 18.9. The van der Waals surface area contributed by atoms with E-state index in [1.165, 1.54) is 0 Å². The standard InChI is InChI=1S/C23H19BrN2O/c1-27-23-15-13-22(14-16-23)26(17-5-8-19-6-3-2-4-7-19)25-18-20-9-11-21(24)12-10-20/h2-4,6-7,9-16,18H,17H2,1H3/b25-18+. The Balaban J connectivity index is 1.81. The fourth-order valence-corrected chi connectivity index (χ4v) is 2.64.